The molecule has 188 valence electrons. The van der Waals surface area contributed by atoms with Crippen LogP contribution in [0.15, 0.2) is 54.6 Å². The minimum atomic E-state index is -0.264. The fourth-order valence-electron chi connectivity index (χ4n) is 4.22. The highest BCUT2D eigenvalue weighted by molar-refractivity contribution is 5.77. The van der Waals surface area contributed by atoms with Crippen molar-refractivity contribution in [3.05, 3.63) is 71.5 Å². The summed E-state index contributed by atoms with van der Waals surface area (Å²) in [6.07, 6.45) is 0. The summed E-state index contributed by atoms with van der Waals surface area (Å²) < 4.78 is 29.5. The van der Waals surface area contributed by atoms with Crippen molar-refractivity contribution in [3.63, 3.8) is 0 Å². The molecule has 1 fully saturated rings. The van der Waals surface area contributed by atoms with Crippen molar-refractivity contribution in [1.82, 2.24) is 20.0 Å². The minimum Gasteiger partial charge on any atom is -0.466 e. The highest BCUT2D eigenvalue weighted by Gasteiger charge is 2.22. The summed E-state index contributed by atoms with van der Waals surface area (Å²) in [5.41, 5.74) is 2.12. The van der Waals surface area contributed by atoms with Crippen molar-refractivity contribution in [2.45, 2.75) is 13.1 Å². The maximum absolute atomic E-state index is 13.1. The average molecular weight is 494 g/mol. The Labute approximate surface area is 209 Å². The largest absolute Gasteiger partial charge is 0.466 e. The first-order valence-electron chi connectivity index (χ1n) is 11.8. The lowest BCUT2D eigenvalue weighted by molar-refractivity contribution is -0.135. The number of piperazine rings is 1. The second-order valence-electron chi connectivity index (χ2n) is 8.85. The molecule has 3 heterocycles. The lowest BCUT2D eigenvalue weighted by atomic mass is 10.1. The topological polar surface area (TPSA) is 80.3 Å². The third-order valence-electron chi connectivity index (χ3n) is 6.26. The molecule has 0 unspecified atom stereocenters. The van der Waals surface area contributed by atoms with E-state index < -0.39 is 0 Å². The van der Waals surface area contributed by atoms with Gasteiger partial charge in [-0.2, -0.15) is 0 Å². The number of anilines is 1. The molecule has 9 nitrogen and oxygen atoms in total. The van der Waals surface area contributed by atoms with Gasteiger partial charge >= 0.3 is 0 Å². The lowest BCUT2D eigenvalue weighted by Gasteiger charge is -2.34. The summed E-state index contributed by atoms with van der Waals surface area (Å²) in [7, 11) is 1.88. The van der Waals surface area contributed by atoms with Gasteiger partial charge in [0.05, 0.1) is 0 Å². The first-order valence-corrected chi connectivity index (χ1v) is 11.8. The number of carbonyl (C=O) groups is 1. The highest BCUT2D eigenvalue weighted by atomic mass is 19.1. The molecule has 2 aliphatic heterocycles. The second kappa shape index (κ2) is 10.8. The summed E-state index contributed by atoms with van der Waals surface area (Å²) >= 11 is 0. The number of benzene rings is 2. The van der Waals surface area contributed by atoms with E-state index in [9.17, 15) is 9.18 Å². The van der Waals surface area contributed by atoms with E-state index in [0.29, 0.717) is 31.3 Å². The maximum atomic E-state index is 13.1. The van der Waals surface area contributed by atoms with Crippen molar-refractivity contribution >= 4 is 11.7 Å². The quantitative estimate of drug-likeness (QED) is 0.474. The van der Waals surface area contributed by atoms with E-state index in [4.69, 9.17) is 14.2 Å². The summed E-state index contributed by atoms with van der Waals surface area (Å²) in [6, 6.07) is 15.8. The SMILES string of the molecule is CN(Cc1ccc(F)cc1)c1ccc(OCC(=O)N2CCN(Cc3ccc4c(c3)OCO4)CC2)nn1. The fraction of sp³-hybridized carbons (Fsp3) is 0.346. The molecule has 1 amide bonds. The molecule has 3 aromatic rings. The van der Waals surface area contributed by atoms with Crippen molar-refractivity contribution in [3.8, 4) is 17.4 Å². The fourth-order valence-corrected chi connectivity index (χ4v) is 4.22. The first kappa shape index (κ1) is 23.8. The zero-order chi connectivity index (χ0) is 24.9. The summed E-state index contributed by atoms with van der Waals surface area (Å²) in [6.45, 7) is 4.41. The molecular weight excluding hydrogens is 465 g/mol. The van der Waals surface area contributed by atoms with Crippen LogP contribution in [-0.2, 0) is 17.9 Å². The summed E-state index contributed by atoms with van der Waals surface area (Å²) in [5.74, 6) is 2.18. The molecule has 0 radical (unpaired) electrons. The van der Waals surface area contributed by atoms with Gasteiger partial charge < -0.3 is 24.0 Å². The van der Waals surface area contributed by atoms with Gasteiger partial charge in [-0.25, -0.2) is 4.39 Å². The van der Waals surface area contributed by atoms with E-state index in [2.05, 4.69) is 15.1 Å². The Balaban J connectivity index is 1.05. The number of nitrogens with zero attached hydrogens (tertiary/aromatic N) is 5. The van der Waals surface area contributed by atoms with Crippen LogP contribution in [0.3, 0.4) is 0 Å². The average Bonchev–Trinajstić information content (AvgIpc) is 3.37. The van der Waals surface area contributed by atoms with Gasteiger partial charge in [-0.15, -0.1) is 10.2 Å². The van der Waals surface area contributed by atoms with E-state index in [1.807, 2.05) is 35.0 Å². The third-order valence-corrected chi connectivity index (χ3v) is 6.26. The molecule has 10 heteroatoms. The number of hydrogen-bond donors (Lipinski definition) is 0. The van der Waals surface area contributed by atoms with Crippen LogP contribution in [0.25, 0.3) is 0 Å². The Kier molecular flexibility index (Phi) is 7.13. The Morgan fingerprint density at radius 1 is 0.972 bits per heavy atom. The van der Waals surface area contributed by atoms with Crippen molar-refractivity contribution in [1.29, 1.82) is 0 Å². The molecule has 1 aromatic heterocycles. The number of fused-ring (bicyclic) bond motifs is 1. The van der Waals surface area contributed by atoms with Crippen LogP contribution in [0.2, 0.25) is 0 Å². The van der Waals surface area contributed by atoms with E-state index in [1.54, 1.807) is 24.3 Å². The molecule has 0 atom stereocenters. The predicted molar refractivity (Wildman–Crippen MR) is 130 cm³/mol. The van der Waals surface area contributed by atoms with Crippen LogP contribution >= 0.6 is 0 Å². The third kappa shape index (κ3) is 5.83. The zero-order valence-corrected chi connectivity index (χ0v) is 20.1. The number of carbonyl (C=O) groups excluding carboxylic acids is 1. The monoisotopic (exact) mass is 493 g/mol. The van der Waals surface area contributed by atoms with Gasteiger partial charge in [0.15, 0.2) is 23.9 Å². The molecule has 0 aliphatic carbocycles. The van der Waals surface area contributed by atoms with Crippen LogP contribution in [0.1, 0.15) is 11.1 Å². The van der Waals surface area contributed by atoms with Gasteiger partial charge in [0.1, 0.15) is 5.82 Å². The van der Waals surface area contributed by atoms with E-state index in [-0.39, 0.29) is 25.1 Å². The van der Waals surface area contributed by atoms with Crippen molar-refractivity contribution < 1.29 is 23.4 Å². The number of rotatable bonds is 8. The van der Waals surface area contributed by atoms with Crippen molar-refractivity contribution in [2.75, 3.05) is 51.5 Å². The van der Waals surface area contributed by atoms with Crippen molar-refractivity contribution in [2.24, 2.45) is 0 Å². The molecule has 2 aliphatic rings. The van der Waals surface area contributed by atoms with Gasteiger partial charge in [0.25, 0.3) is 5.91 Å². The molecule has 0 spiro atoms. The number of halogens is 1. The zero-order valence-electron chi connectivity index (χ0n) is 20.1. The maximum Gasteiger partial charge on any atom is 0.260 e. The first-order chi connectivity index (χ1) is 17.5. The predicted octanol–water partition coefficient (Wildman–Crippen LogP) is 2.70. The lowest BCUT2D eigenvalue weighted by Crippen LogP contribution is -2.49. The number of aromatic nitrogens is 2. The number of amides is 1. The number of hydrogen-bond acceptors (Lipinski definition) is 8. The van der Waals surface area contributed by atoms with Gasteiger partial charge in [-0.1, -0.05) is 18.2 Å². The number of ether oxygens (including phenoxy) is 3. The van der Waals surface area contributed by atoms with E-state index in [1.165, 1.54) is 12.1 Å². The second-order valence-corrected chi connectivity index (χ2v) is 8.85. The molecule has 0 bridgehead atoms. The van der Waals surface area contributed by atoms with E-state index >= 15 is 0 Å². The van der Waals surface area contributed by atoms with Gasteiger partial charge in [0, 0.05) is 52.4 Å². The van der Waals surface area contributed by atoms with Gasteiger partial charge in [-0.3, -0.25) is 9.69 Å². The van der Waals surface area contributed by atoms with E-state index in [0.717, 1.165) is 42.3 Å². The Hall–Kier alpha value is -3.92. The molecule has 2 aromatic carbocycles. The smallest absolute Gasteiger partial charge is 0.260 e. The standard InChI is InChI=1S/C26H28FN5O4/c1-30(15-19-2-5-21(27)6-3-19)24-8-9-25(29-28-24)34-17-26(33)32-12-10-31(11-13-32)16-20-4-7-22-23(14-20)36-18-35-22/h2-9,14H,10-13,15-18H2,1H3. The molecular formula is C26H28FN5O4. The van der Waals surface area contributed by atoms with Gasteiger partial charge in [-0.05, 0) is 41.5 Å². The van der Waals surface area contributed by atoms with Gasteiger partial charge in [0.2, 0.25) is 12.7 Å². The van der Waals surface area contributed by atoms with Crippen LogP contribution in [-0.4, -0.2) is 72.5 Å². The Bertz CT molecular complexity index is 1180. The molecule has 36 heavy (non-hydrogen) atoms. The van der Waals surface area contributed by atoms with Crippen LogP contribution in [0.4, 0.5) is 10.2 Å². The van der Waals surface area contributed by atoms with Crippen LogP contribution in [0.5, 0.6) is 17.4 Å². The Morgan fingerprint density at radius 3 is 2.47 bits per heavy atom. The Morgan fingerprint density at radius 2 is 1.72 bits per heavy atom. The van der Waals surface area contributed by atoms with Crippen LogP contribution in [0, 0.1) is 5.82 Å². The highest BCUT2D eigenvalue weighted by Crippen LogP contribution is 2.32. The van der Waals surface area contributed by atoms with Crippen LogP contribution < -0.4 is 19.1 Å². The molecule has 1 saturated heterocycles. The summed E-state index contributed by atoms with van der Waals surface area (Å²) in [4.78, 5) is 18.7. The molecule has 5 rings (SSSR count). The molecule has 0 saturated carbocycles. The normalized spacial score (nSPS) is 15.1. The minimum absolute atomic E-state index is 0.0722. The molecule has 0 N–H and O–H groups in total. The summed E-state index contributed by atoms with van der Waals surface area (Å²) in [5, 5.41) is 8.27.